The molecule has 0 saturated carbocycles. The Morgan fingerprint density at radius 3 is 2.61 bits per heavy atom. The van der Waals surface area contributed by atoms with E-state index in [1.54, 1.807) is 12.4 Å². The average Bonchev–Trinajstić information content (AvgIpc) is 2.82. The van der Waals surface area contributed by atoms with Gasteiger partial charge in [0.2, 0.25) is 5.96 Å². The van der Waals surface area contributed by atoms with Crippen LogP contribution in [0.3, 0.4) is 0 Å². The molecule has 0 aliphatic carbocycles. The van der Waals surface area contributed by atoms with Gasteiger partial charge in [-0.3, -0.25) is 4.98 Å². The Kier molecular flexibility index (Phi) is 6.21. The summed E-state index contributed by atoms with van der Waals surface area (Å²) in [5, 5.41) is 3.53. The lowest BCUT2D eigenvalue weighted by Crippen LogP contribution is -2.48. The van der Waals surface area contributed by atoms with Crippen LogP contribution >= 0.6 is 0 Å². The van der Waals surface area contributed by atoms with Crippen molar-refractivity contribution in [2.24, 2.45) is 10.9 Å². The van der Waals surface area contributed by atoms with Crippen molar-refractivity contribution < 1.29 is 0 Å². The van der Waals surface area contributed by atoms with Crippen molar-refractivity contribution in [1.29, 1.82) is 0 Å². The molecule has 5 nitrogen and oxygen atoms in total. The Morgan fingerprint density at radius 2 is 1.90 bits per heavy atom. The first-order chi connectivity index (χ1) is 15.0. The third-order valence-corrected chi connectivity index (χ3v) is 6.09. The molecule has 1 N–H and O–H groups in total. The zero-order valence-electron chi connectivity index (χ0n) is 18.5. The molecule has 5 heteroatoms. The molecule has 31 heavy (non-hydrogen) atoms. The van der Waals surface area contributed by atoms with Crippen LogP contribution in [0.4, 0.5) is 5.69 Å². The molecule has 1 aromatic heterocycles. The number of aromatic nitrogens is 1. The number of guanidine groups is 1. The van der Waals surface area contributed by atoms with Crippen molar-refractivity contribution in [2.45, 2.75) is 26.2 Å². The second-order valence-corrected chi connectivity index (χ2v) is 8.21. The van der Waals surface area contributed by atoms with Crippen molar-refractivity contribution in [3.8, 4) is 0 Å². The predicted octanol–water partition coefficient (Wildman–Crippen LogP) is 5.14. The highest BCUT2D eigenvalue weighted by molar-refractivity contribution is 5.91. The number of pyridine rings is 1. The number of nitrogens with zero attached hydrogens (tertiary/aromatic N) is 4. The second kappa shape index (κ2) is 9.21. The lowest BCUT2D eigenvalue weighted by molar-refractivity contribution is 0.264. The van der Waals surface area contributed by atoms with Crippen molar-refractivity contribution in [1.82, 2.24) is 14.8 Å². The van der Waals surface area contributed by atoms with Gasteiger partial charge in [-0.2, -0.15) is 0 Å². The maximum absolute atomic E-state index is 4.99. The van der Waals surface area contributed by atoms with E-state index in [0.717, 1.165) is 66.7 Å². The Hall–Kier alpha value is -3.34. The summed E-state index contributed by atoms with van der Waals surface area (Å²) >= 11 is 0. The lowest BCUT2D eigenvalue weighted by atomic mass is 9.95. The van der Waals surface area contributed by atoms with Crippen molar-refractivity contribution in [3.63, 3.8) is 0 Å². The average molecular weight is 414 g/mol. The summed E-state index contributed by atoms with van der Waals surface area (Å²) in [6.07, 6.45) is 8.91. The number of hydrogen-bond acceptors (Lipinski definition) is 5. The summed E-state index contributed by atoms with van der Waals surface area (Å²) < 4.78 is 0. The number of benzene rings is 1. The normalized spacial score (nSPS) is 19.0. The van der Waals surface area contributed by atoms with Gasteiger partial charge in [-0.25, -0.2) is 4.99 Å². The molecule has 1 unspecified atom stereocenters. The van der Waals surface area contributed by atoms with Crippen molar-refractivity contribution in [2.75, 3.05) is 25.5 Å². The standard InChI is InChI=1S/C26H31N5/c1-5-21-8-10-24(11-9-21)28-20(3)23-7-6-16-31(18-23)26-29-25(17-19(2)30(26)4)22-12-14-27-15-13-22/h8-15,17,23,28H,2-3,5-7,16,18H2,1,4H3. The van der Waals surface area contributed by atoms with Crippen LogP contribution in [-0.4, -0.2) is 40.9 Å². The van der Waals surface area contributed by atoms with Crippen molar-refractivity contribution in [3.05, 3.63) is 90.5 Å². The van der Waals surface area contributed by atoms with E-state index in [9.17, 15) is 0 Å². The fraction of sp³-hybridized carbons (Fsp3) is 0.308. The molecule has 1 aromatic carbocycles. The number of aliphatic imine (C=N–C) groups is 1. The monoisotopic (exact) mass is 413 g/mol. The van der Waals surface area contributed by atoms with Gasteiger partial charge in [0.15, 0.2) is 0 Å². The highest BCUT2D eigenvalue weighted by atomic mass is 15.4. The van der Waals surface area contributed by atoms with Crippen LogP contribution in [0.5, 0.6) is 0 Å². The van der Waals surface area contributed by atoms with Gasteiger partial charge in [0.1, 0.15) is 0 Å². The third-order valence-electron chi connectivity index (χ3n) is 6.09. The molecule has 160 valence electrons. The second-order valence-electron chi connectivity index (χ2n) is 8.21. The highest BCUT2D eigenvalue weighted by Crippen LogP contribution is 2.29. The molecule has 1 saturated heterocycles. The Labute approximate surface area is 185 Å². The Bertz CT molecular complexity index is 1000. The SMILES string of the molecule is C=C(Nc1ccc(CC)cc1)C1CCCN(C2=NC(c3ccncc3)=CC(=C)N2C)C1. The zero-order chi connectivity index (χ0) is 21.8. The van der Waals surface area contributed by atoms with Gasteiger partial charge in [0.25, 0.3) is 0 Å². The number of likely N-dealkylation sites (tertiary alicyclic amines) is 1. The predicted molar refractivity (Wildman–Crippen MR) is 129 cm³/mol. The Morgan fingerprint density at radius 1 is 1.16 bits per heavy atom. The van der Waals surface area contributed by atoms with Crippen LogP contribution < -0.4 is 5.32 Å². The van der Waals surface area contributed by atoms with Gasteiger partial charge < -0.3 is 15.1 Å². The number of hydrogen-bond donors (Lipinski definition) is 1. The summed E-state index contributed by atoms with van der Waals surface area (Å²) in [5.41, 5.74) is 6.43. The molecule has 4 rings (SSSR count). The van der Waals surface area contributed by atoms with Gasteiger partial charge in [-0.05, 0) is 55.2 Å². The number of allylic oxidation sites excluding steroid dienone is 1. The number of aryl methyl sites for hydroxylation is 1. The van der Waals surface area contributed by atoms with Gasteiger partial charge in [-0.15, -0.1) is 0 Å². The van der Waals surface area contributed by atoms with E-state index in [4.69, 9.17) is 4.99 Å². The minimum atomic E-state index is 0.360. The quantitative estimate of drug-likeness (QED) is 0.737. The summed E-state index contributed by atoms with van der Waals surface area (Å²) in [6.45, 7) is 12.6. The minimum Gasteiger partial charge on any atom is -0.359 e. The number of piperidine rings is 1. The maximum Gasteiger partial charge on any atom is 0.206 e. The first kappa shape index (κ1) is 20.9. The van der Waals surface area contributed by atoms with Crippen LogP contribution in [0.1, 0.15) is 30.9 Å². The number of anilines is 1. The maximum atomic E-state index is 4.99. The smallest absolute Gasteiger partial charge is 0.206 e. The Balaban J connectivity index is 1.49. The molecule has 2 aromatic rings. The summed E-state index contributed by atoms with van der Waals surface area (Å²) in [4.78, 5) is 13.6. The topological polar surface area (TPSA) is 43.8 Å². The molecule has 0 spiro atoms. The third kappa shape index (κ3) is 4.71. The van der Waals surface area contributed by atoms with E-state index in [2.05, 4.69) is 64.4 Å². The number of nitrogens with one attached hydrogen (secondary N) is 1. The molecular formula is C26H31N5. The molecule has 1 fully saturated rings. The van der Waals surface area contributed by atoms with E-state index in [-0.39, 0.29) is 0 Å². The number of rotatable bonds is 5. The van der Waals surface area contributed by atoms with E-state index >= 15 is 0 Å². The molecule has 0 radical (unpaired) electrons. The van der Waals surface area contributed by atoms with E-state index < -0.39 is 0 Å². The largest absolute Gasteiger partial charge is 0.359 e. The van der Waals surface area contributed by atoms with Gasteiger partial charge in [-0.1, -0.05) is 32.2 Å². The number of likely N-dealkylation sites (N-methyl/N-ethyl adjacent to an activating group) is 1. The van der Waals surface area contributed by atoms with Crippen LogP contribution in [0.2, 0.25) is 0 Å². The summed E-state index contributed by atoms with van der Waals surface area (Å²) in [5.74, 6) is 1.31. The minimum absolute atomic E-state index is 0.360. The van der Waals surface area contributed by atoms with Crippen LogP contribution in [0.25, 0.3) is 5.70 Å². The van der Waals surface area contributed by atoms with E-state index in [0.29, 0.717) is 5.92 Å². The fourth-order valence-corrected chi connectivity index (χ4v) is 4.11. The highest BCUT2D eigenvalue weighted by Gasteiger charge is 2.28. The molecule has 2 aliphatic heterocycles. The van der Waals surface area contributed by atoms with Crippen LogP contribution in [0, 0.1) is 5.92 Å². The van der Waals surface area contributed by atoms with Crippen LogP contribution in [0.15, 0.2) is 84.4 Å². The van der Waals surface area contributed by atoms with Gasteiger partial charge in [0.05, 0.1) is 5.70 Å². The molecule has 0 bridgehead atoms. The first-order valence-electron chi connectivity index (χ1n) is 11.0. The van der Waals surface area contributed by atoms with E-state index in [1.165, 1.54) is 5.56 Å². The van der Waals surface area contributed by atoms with Crippen LogP contribution in [-0.2, 0) is 6.42 Å². The summed E-state index contributed by atoms with van der Waals surface area (Å²) in [7, 11) is 2.03. The zero-order valence-corrected chi connectivity index (χ0v) is 18.5. The fourth-order valence-electron chi connectivity index (χ4n) is 4.11. The molecule has 0 amide bonds. The molecular weight excluding hydrogens is 382 g/mol. The first-order valence-corrected chi connectivity index (χ1v) is 11.0. The molecule has 3 heterocycles. The lowest BCUT2D eigenvalue weighted by Gasteiger charge is -2.40. The van der Waals surface area contributed by atoms with Gasteiger partial charge in [0, 0.05) is 61.1 Å². The molecule has 2 aliphatic rings. The van der Waals surface area contributed by atoms with Gasteiger partial charge >= 0.3 is 0 Å². The summed E-state index contributed by atoms with van der Waals surface area (Å²) in [6, 6.07) is 12.6. The van der Waals surface area contributed by atoms with E-state index in [1.807, 2.05) is 25.3 Å². The molecule has 1 atom stereocenters. The van der Waals surface area contributed by atoms with Crippen molar-refractivity contribution >= 4 is 17.3 Å².